The Hall–Kier alpha value is -1.51. The van der Waals surface area contributed by atoms with Crippen LogP contribution in [0.4, 0.5) is 4.39 Å². The van der Waals surface area contributed by atoms with Crippen molar-refractivity contribution in [3.63, 3.8) is 0 Å². The molecule has 0 aromatic heterocycles. The van der Waals surface area contributed by atoms with Crippen LogP contribution in [0.15, 0.2) is 29.2 Å². The second-order valence-corrected chi connectivity index (χ2v) is 7.89. The lowest BCUT2D eigenvalue weighted by Crippen LogP contribution is -2.32. The predicted octanol–water partition coefficient (Wildman–Crippen LogP) is 0.740. The fraction of sp³-hybridized carbons (Fsp3) is 0.533. The fourth-order valence-corrected chi connectivity index (χ4v) is 4.78. The molecule has 1 aromatic carbocycles. The normalized spacial score (nSPS) is 27.8. The maximum absolute atomic E-state index is 13.3. The van der Waals surface area contributed by atoms with E-state index in [2.05, 4.69) is 5.32 Å². The average molecular weight is 342 g/mol. The lowest BCUT2D eigenvalue weighted by molar-refractivity contribution is -0.123. The van der Waals surface area contributed by atoms with Gasteiger partial charge in [-0.1, -0.05) is 6.07 Å². The predicted molar refractivity (Wildman–Crippen MR) is 80.6 cm³/mol. The summed E-state index contributed by atoms with van der Waals surface area (Å²) in [6.45, 7) is 0.585. The third-order valence-electron chi connectivity index (χ3n) is 4.41. The minimum atomic E-state index is -3.71. The van der Waals surface area contributed by atoms with Crippen LogP contribution >= 0.6 is 0 Å². The van der Waals surface area contributed by atoms with E-state index in [0.717, 1.165) is 6.07 Å². The van der Waals surface area contributed by atoms with Crippen molar-refractivity contribution in [1.82, 2.24) is 9.62 Å². The van der Waals surface area contributed by atoms with E-state index in [0.29, 0.717) is 19.4 Å². The molecule has 8 heteroatoms. The monoisotopic (exact) mass is 342 g/mol. The van der Waals surface area contributed by atoms with E-state index < -0.39 is 15.8 Å². The molecule has 2 fully saturated rings. The zero-order valence-electron chi connectivity index (χ0n) is 12.7. The van der Waals surface area contributed by atoms with E-state index in [1.54, 1.807) is 7.05 Å². The quantitative estimate of drug-likeness (QED) is 0.876. The Bertz CT molecular complexity index is 695. The van der Waals surface area contributed by atoms with Gasteiger partial charge in [-0.05, 0) is 24.6 Å². The van der Waals surface area contributed by atoms with Crippen LogP contribution in [0.1, 0.15) is 12.8 Å². The lowest BCUT2D eigenvalue weighted by atomic mass is 10.0. The minimum absolute atomic E-state index is 0.0422. The number of rotatable bonds is 4. The van der Waals surface area contributed by atoms with E-state index in [-0.39, 0.29) is 35.5 Å². The molecule has 6 nitrogen and oxygen atoms in total. The van der Waals surface area contributed by atoms with Crippen molar-refractivity contribution in [3.05, 3.63) is 30.1 Å². The summed E-state index contributed by atoms with van der Waals surface area (Å²) < 4.78 is 45.5. The molecule has 0 spiro atoms. The molecule has 2 aliphatic heterocycles. The number of halogens is 1. The van der Waals surface area contributed by atoms with E-state index in [4.69, 9.17) is 4.74 Å². The van der Waals surface area contributed by atoms with Crippen LogP contribution in [0.2, 0.25) is 0 Å². The molecule has 2 heterocycles. The summed E-state index contributed by atoms with van der Waals surface area (Å²) in [7, 11) is -2.14. The number of ether oxygens (including phenoxy) is 1. The first-order valence-electron chi connectivity index (χ1n) is 7.52. The smallest absolute Gasteiger partial charge is 0.243 e. The molecule has 2 saturated heterocycles. The van der Waals surface area contributed by atoms with Gasteiger partial charge in [0.05, 0.1) is 23.5 Å². The maximum Gasteiger partial charge on any atom is 0.243 e. The molecule has 0 aliphatic carbocycles. The number of benzene rings is 1. The zero-order chi connectivity index (χ0) is 16.6. The number of amides is 1. The van der Waals surface area contributed by atoms with Crippen LogP contribution < -0.4 is 5.32 Å². The summed E-state index contributed by atoms with van der Waals surface area (Å²) in [5.74, 6) is -0.584. The van der Waals surface area contributed by atoms with E-state index in [9.17, 15) is 17.6 Å². The Morgan fingerprint density at radius 3 is 2.87 bits per heavy atom. The van der Waals surface area contributed by atoms with Crippen molar-refractivity contribution in [1.29, 1.82) is 0 Å². The van der Waals surface area contributed by atoms with Crippen LogP contribution in [0, 0.1) is 11.7 Å². The number of sulfonamides is 1. The van der Waals surface area contributed by atoms with Crippen molar-refractivity contribution in [2.24, 2.45) is 5.92 Å². The second kappa shape index (κ2) is 6.18. The molecule has 2 aliphatic rings. The molecule has 3 rings (SSSR count). The maximum atomic E-state index is 13.3. The first-order valence-corrected chi connectivity index (χ1v) is 8.96. The Morgan fingerprint density at radius 2 is 2.22 bits per heavy atom. The van der Waals surface area contributed by atoms with Crippen molar-refractivity contribution in [2.45, 2.75) is 29.9 Å². The first-order chi connectivity index (χ1) is 10.9. The van der Waals surface area contributed by atoms with Gasteiger partial charge >= 0.3 is 0 Å². The average Bonchev–Trinajstić information content (AvgIpc) is 3.05. The highest BCUT2D eigenvalue weighted by Crippen LogP contribution is 2.36. The van der Waals surface area contributed by atoms with Crippen molar-refractivity contribution < 1.29 is 22.3 Å². The Kier molecular flexibility index (Phi) is 4.39. The molecule has 126 valence electrons. The number of fused-ring (bicyclic) bond motifs is 1. The van der Waals surface area contributed by atoms with Gasteiger partial charge in [-0.15, -0.1) is 0 Å². The molecule has 1 N–H and O–H groups in total. The molecule has 0 saturated carbocycles. The molecule has 0 unspecified atom stereocenters. The molecular formula is C15H19FN2O4S. The summed E-state index contributed by atoms with van der Waals surface area (Å²) in [5, 5.41) is 2.56. The van der Waals surface area contributed by atoms with E-state index in [1.165, 1.54) is 22.5 Å². The summed E-state index contributed by atoms with van der Waals surface area (Å²) >= 11 is 0. The fourth-order valence-electron chi connectivity index (χ4n) is 3.24. The highest BCUT2D eigenvalue weighted by molar-refractivity contribution is 7.89. The summed E-state index contributed by atoms with van der Waals surface area (Å²) in [6.07, 6.45) is 0.588. The molecule has 1 aromatic rings. The SMILES string of the molecule is CNC(=O)C[C@@H]1C[C@H]2CN(S(=O)(=O)c3cccc(F)c3)C[C@H]2O1. The standard InChI is InChI=1S/C15H19FN2O4S/c1-17-15(19)7-12-5-10-8-18(9-14(10)22-12)23(20,21)13-4-2-3-11(16)6-13/h2-4,6,10,12,14H,5,7-9H2,1H3,(H,17,19)/t10-,12-,14+/m0/s1. The zero-order valence-corrected chi connectivity index (χ0v) is 13.6. The second-order valence-electron chi connectivity index (χ2n) is 5.95. The van der Waals surface area contributed by atoms with Gasteiger partial charge in [0.1, 0.15) is 5.82 Å². The number of hydrogen-bond donors (Lipinski definition) is 1. The van der Waals surface area contributed by atoms with Crippen molar-refractivity contribution in [3.8, 4) is 0 Å². The summed E-state index contributed by atoms with van der Waals surface area (Å²) in [4.78, 5) is 11.4. The van der Waals surface area contributed by atoms with Gasteiger partial charge in [0.2, 0.25) is 15.9 Å². The van der Waals surface area contributed by atoms with Crippen LogP contribution in [-0.4, -0.2) is 51.0 Å². The number of nitrogens with one attached hydrogen (secondary N) is 1. The van der Waals surface area contributed by atoms with Gasteiger partial charge in [0.15, 0.2) is 0 Å². The minimum Gasteiger partial charge on any atom is -0.373 e. The van der Waals surface area contributed by atoms with E-state index >= 15 is 0 Å². The highest BCUT2D eigenvalue weighted by Gasteiger charge is 2.46. The number of hydrogen-bond acceptors (Lipinski definition) is 4. The number of carbonyl (C=O) groups excluding carboxylic acids is 1. The first kappa shape index (κ1) is 16.4. The molecule has 3 atom stereocenters. The molecular weight excluding hydrogens is 323 g/mol. The largest absolute Gasteiger partial charge is 0.373 e. The molecule has 23 heavy (non-hydrogen) atoms. The van der Waals surface area contributed by atoms with Gasteiger partial charge in [0, 0.05) is 26.1 Å². The third-order valence-corrected chi connectivity index (χ3v) is 6.23. The topological polar surface area (TPSA) is 75.7 Å². The van der Waals surface area contributed by atoms with Crippen LogP contribution in [0.3, 0.4) is 0 Å². The third kappa shape index (κ3) is 3.24. The van der Waals surface area contributed by atoms with Gasteiger partial charge in [-0.3, -0.25) is 4.79 Å². The summed E-state index contributed by atoms with van der Waals surface area (Å²) in [5.41, 5.74) is 0. The molecule has 0 radical (unpaired) electrons. The van der Waals surface area contributed by atoms with Crippen LogP contribution in [0.25, 0.3) is 0 Å². The highest BCUT2D eigenvalue weighted by atomic mass is 32.2. The van der Waals surface area contributed by atoms with Gasteiger partial charge in [-0.2, -0.15) is 4.31 Å². The van der Waals surface area contributed by atoms with Gasteiger partial charge in [-0.25, -0.2) is 12.8 Å². The summed E-state index contributed by atoms with van der Waals surface area (Å²) in [6, 6.07) is 5.01. The lowest BCUT2D eigenvalue weighted by Gasteiger charge is -2.19. The Morgan fingerprint density at radius 1 is 1.43 bits per heavy atom. The molecule has 0 bridgehead atoms. The van der Waals surface area contributed by atoms with Gasteiger partial charge < -0.3 is 10.1 Å². The van der Waals surface area contributed by atoms with E-state index in [1.807, 2.05) is 0 Å². The van der Waals surface area contributed by atoms with Gasteiger partial charge in [0.25, 0.3) is 0 Å². The number of nitrogens with zero attached hydrogens (tertiary/aromatic N) is 1. The van der Waals surface area contributed by atoms with Crippen LogP contribution in [0.5, 0.6) is 0 Å². The Balaban J connectivity index is 1.67. The van der Waals surface area contributed by atoms with Crippen molar-refractivity contribution >= 4 is 15.9 Å². The van der Waals surface area contributed by atoms with Crippen molar-refractivity contribution in [2.75, 3.05) is 20.1 Å². The number of carbonyl (C=O) groups is 1. The Labute approximate surface area is 134 Å². The van der Waals surface area contributed by atoms with Crippen LogP contribution in [-0.2, 0) is 19.6 Å². The molecule has 1 amide bonds.